The topological polar surface area (TPSA) is 150 Å². The van der Waals surface area contributed by atoms with E-state index < -0.39 is 12.5 Å². The minimum Gasteiger partial charge on any atom is -0.474 e. The van der Waals surface area contributed by atoms with E-state index in [0.29, 0.717) is 53.2 Å². The quantitative estimate of drug-likeness (QED) is 0.0348. The molecule has 17 heteroatoms. The predicted molar refractivity (Wildman–Crippen MR) is 304 cm³/mol. The molecule has 3 aliphatic rings. The van der Waals surface area contributed by atoms with E-state index in [0.717, 1.165) is 80.4 Å². The fourth-order valence-electron chi connectivity index (χ4n) is 9.55. The van der Waals surface area contributed by atoms with E-state index in [1.54, 1.807) is 42.5 Å². The lowest BCUT2D eigenvalue weighted by molar-refractivity contribution is -0.118. The Morgan fingerprint density at radius 3 is 2.46 bits per heavy atom. The van der Waals surface area contributed by atoms with Crippen LogP contribution in [0, 0.1) is 25.1 Å². The van der Waals surface area contributed by atoms with Crippen LogP contribution < -0.4 is 10.1 Å². The molecule has 0 bridgehead atoms. The van der Waals surface area contributed by atoms with Gasteiger partial charge in [-0.1, -0.05) is 88.2 Å². The summed E-state index contributed by atoms with van der Waals surface area (Å²) >= 11 is 1.64. The zero-order valence-corrected chi connectivity index (χ0v) is 46.3. The van der Waals surface area contributed by atoms with Gasteiger partial charge in [0.05, 0.1) is 51.3 Å². The van der Waals surface area contributed by atoms with Gasteiger partial charge in [-0.3, -0.25) is 24.5 Å². The number of allylic oxidation sites excluding steroid dienone is 1. The molecule has 0 saturated carbocycles. The average molecular weight is 1060 g/mol. The summed E-state index contributed by atoms with van der Waals surface area (Å²) in [6.45, 7) is 22.1. The summed E-state index contributed by atoms with van der Waals surface area (Å²) in [5, 5.41) is 8.02. The van der Waals surface area contributed by atoms with Gasteiger partial charge in [-0.2, -0.15) is 0 Å². The van der Waals surface area contributed by atoms with Crippen LogP contribution in [0.1, 0.15) is 114 Å². The third-order valence-electron chi connectivity index (χ3n) is 13.6. The molecule has 4 atom stereocenters. The number of fused-ring (bicyclic) bond motifs is 2. The van der Waals surface area contributed by atoms with Crippen molar-refractivity contribution in [2.24, 2.45) is 15.0 Å². The van der Waals surface area contributed by atoms with Crippen LogP contribution in [0.3, 0.4) is 0 Å². The van der Waals surface area contributed by atoms with Crippen molar-refractivity contribution in [3.05, 3.63) is 118 Å². The zero-order chi connectivity index (χ0) is 55.2. The summed E-state index contributed by atoms with van der Waals surface area (Å²) < 4.78 is 46.6. The number of ether oxygens (including phenoxy) is 2. The van der Waals surface area contributed by atoms with Crippen LogP contribution in [0.15, 0.2) is 104 Å². The minimum atomic E-state index is -0.886. The van der Waals surface area contributed by atoms with Crippen LogP contribution in [0.4, 0.5) is 8.78 Å². The molecule has 2 amide bonds. The van der Waals surface area contributed by atoms with E-state index in [1.807, 2.05) is 61.5 Å². The maximum Gasteiger partial charge on any atom is 0.254 e. The van der Waals surface area contributed by atoms with E-state index in [4.69, 9.17) is 20.4 Å². The molecule has 0 unspecified atom stereocenters. The molecule has 5 aromatic rings. The van der Waals surface area contributed by atoms with Gasteiger partial charge in [0.2, 0.25) is 12.8 Å². The molecular formula is C59H75F2N9O5S. The zero-order valence-electron chi connectivity index (χ0n) is 45.5. The highest BCUT2D eigenvalue weighted by Crippen LogP contribution is 2.43. The Kier molecular flexibility index (Phi) is 23.7. The number of halogens is 2. The summed E-state index contributed by atoms with van der Waals surface area (Å²) in [7, 11) is 3.54. The van der Waals surface area contributed by atoms with Crippen LogP contribution in [-0.4, -0.2) is 128 Å². The Labute approximate surface area is 452 Å². The van der Waals surface area contributed by atoms with E-state index in [-0.39, 0.29) is 35.6 Å². The lowest BCUT2D eigenvalue weighted by Crippen LogP contribution is -2.47. The molecule has 0 radical (unpaired) electrons. The van der Waals surface area contributed by atoms with Crippen molar-refractivity contribution in [2.45, 2.75) is 117 Å². The lowest BCUT2D eigenvalue weighted by Gasteiger charge is -2.34. The van der Waals surface area contributed by atoms with Crippen molar-refractivity contribution in [2.75, 3.05) is 53.8 Å². The molecule has 3 saturated heterocycles. The minimum absolute atomic E-state index is 0.0426. The Hall–Kier alpha value is -6.87. The van der Waals surface area contributed by atoms with Gasteiger partial charge in [0.25, 0.3) is 5.88 Å². The van der Waals surface area contributed by atoms with E-state index in [9.17, 15) is 18.4 Å². The van der Waals surface area contributed by atoms with Crippen LogP contribution >= 0.6 is 11.3 Å². The second-order valence-electron chi connectivity index (χ2n) is 19.1. The first kappa shape index (κ1) is 60.0. The van der Waals surface area contributed by atoms with Gasteiger partial charge in [-0.05, 0) is 100 Å². The highest BCUT2D eigenvalue weighted by molar-refractivity contribution is 7.13. The smallest absolute Gasteiger partial charge is 0.254 e. The number of nitrogens with zero attached hydrogens (tertiary/aromatic N) is 8. The van der Waals surface area contributed by atoms with Crippen molar-refractivity contribution in [3.63, 3.8) is 0 Å². The molecule has 14 nitrogen and oxygen atoms in total. The molecule has 76 heavy (non-hydrogen) atoms. The Bertz CT molecular complexity index is 2840. The maximum atomic E-state index is 14.6. The second-order valence-corrected chi connectivity index (χ2v) is 20.0. The Morgan fingerprint density at radius 1 is 1.11 bits per heavy atom. The number of aromatic nitrogens is 2. The van der Waals surface area contributed by atoms with Crippen molar-refractivity contribution in [1.29, 1.82) is 0 Å². The number of aryl methyl sites for hydroxylation is 2. The number of aliphatic imine (C=N–C) groups is 3. The number of hydrogen-bond donors (Lipinski definition) is 1. The fourth-order valence-corrected chi connectivity index (χ4v) is 10.4. The molecule has 3 aliphatic heterocycles. The first-order valence-corrected chi connectivity index (χ1v) is 26.8. The standard InChI is InChI=1S/C37H42F2N6O3.C13H14N2OS.C6H11NO.C3H8/c1-7-28-19-34(43-48-28)47-22-27-15-17-37(16-10-18-45(27)37)23-46-24-42-33(20-38)31(36(40-4)44(5)6)21-41-25(3)30-12-9-11-26-13-14-32(39)29(8-2)35(26)30;1-9(14-7-16)11-3-5-12(6-4-11)13-10(2)15-8-17-13;1-6-3-2-4-7(6)5-8;1-3-2/h2,9,11-14,19,21,27H,3-4,7,10,15-18,20,22-24H2,1,5-6H3;3-9H,1-2H3,(H,14,16);5-6H,2-4H2,1H3;3H2,1-2H3/b36-31+,41-21?,42-33-;;;/t27-,37+;9-;6-;/m001./s1. The van der Waals surface area contributed by atoms with Gasteiger partial charge < -0.3 is 29.1 Å². The fraction of sp³-hybridized carbons (Fsp3) is 0.441. The largest absolute Gasteiger partial charge is 0.474 e. The average Bonchev–Trinajstić information content (AvgIpc) is 4.31. The van der Waals surface area contributed by atoms with Crippen molar-refractivity contribution >= 4 is 59.3 Å². The molecule has 2 aromatic heterocycles. The van der Waals surface area contributed by atoms with E-state index >= 15 is 0 Å². The number of thiazole rings is 1. The van der Waals surface area contributed by atoms with E-state index in [1.165, 1.54) is 42.0 Å². The third-order valence-corrected chi connectivity index (χ3v) is 14.6. The van der Waals surface area contributed by atoms with Crippen molar-refractivity contribution < 1.29 is 32.4 Å². The first-order chi connectivity index (χ1) is 36.7. The maximum absolute atomic E-state index is 14.6. The van der Waals surface area contributed by atoms with Gasteiger partial charge in [0.1, 0.15) is 37.4 Å². The molecule has 5 heterocycles. The summed E-state index contributed by atoms with van der Waals surface area (Å²) in [5.74, 6) is 3.61. The van der Waals surface area contributed by atoms with Gasteiger partial charge in [0.15, 0.2) is 0 Å². The number of terminal acetylenes is 1. The van der Waals surface area contributed by atoms with Crippen LogP contribution in [0.5, 0.6) is 5.88 Å². The Balaban J connectivity index is 0.000000308. The summed E-state index contributed by atoms with van der Waals surface area (Å²) in [6.07, 6.45) is 17.2. The molecule has 0 spiro atoms. The SMILES string of the molecule is C#Cc1c(F)ccc2cccc(C(=C)N=CC(=C(/N=C)N(C)C)/C(CF)=N\COC[C@]34CCCN3[C@H](COc3cc(CC)on3)CC4)c12.CCC.C[C@@H]1CCCN1C=O.Cc1ncsc1-c1ccc([C@H](C)NC=O)cc1. The molecule has 3 fully saturated rings. The van der Waals surface area contributed by atoms with Gasteiger partial charge in [-0.25, -0.2) is 18.8 Å². The van der Waals surface area contributed by atoms with Crippen molar-refractivity contribution in [3.8, 4) is 28.7 Å². The van der Waals surface area contributed by atoms with Gasteiger partial charge >= 0.3 is 0 Å². The van der Waals surface area contributed by atoms with Crippen molar-refractivity contribution in [1.82, 2.24) is 30.2 Å². The van der Waals surface area contributed by atoms with Crippen LogP contribution in [-0.2, 0) is 20.7 Å². The number of carbonyl (C=O) groups is 2. The summed E-state index contributed by atoms with van der Waals surface area (Å²) in [5.41, 5.74) is 6.50. The highest BCUT2D eigenvalue weighted by atomic mass is 32.1. The normalized spacial score (nSPS) is 18.7. The highest BCUT2D eigenvalue weighted by Gasteiger charge is 2.49. The molecular weight excluding hydrogens is 985 g/mol. The molecule has 406 valence electrons. The summed E-state index contributed by atoms with van der Waals surface area (Å²) in [4.78, 5) is 45.2. The number of hydrogen-bond acceptors (Lipinski definition) is 13. The van der Waals surface area contributed by atoms with Gasteiger partial charge in [-0.15, -0.1) is 17.8 Å². The van der Waals surface area contributed by atoms with Crippen LogP contribution in [0.2, 0.25) is 0 Å². The molecule has 0 aliphatic carbocycles. The number of likely N-dealkylation sites (tertiary alicyclic amines) is 1. The first-order valence-electron chi connectivity index (χ1n) is 26.0. The number of benzene rings is 3. The van der Waals surface area contributed by atoms with Gasteiger partial charge in [0, 0.05) is 67.9 Å². The lowest BCUT2D eigenvalue weighted by atomic mass is 9.95. The molecule has 3 aromatic carbocycles. The van der Waals surface area contributed by atoms with E-state index in [2.05, 4.69) is 87.5 Å². The number of carbonyl (C=O) groups excluding carboxylic acids is 2. The Morgan fingerprint density at radius 2 is 1.87 bits per heavy atom. The number of alkyl halides is 1. The summed E-state index contributed by atoms with van der Waals surface area (Å²) in [6, 6.07) is 19.3. The predicted octanol–water partition coefficient (Wildman–Crippen LogP) is 11.5. The van der Waals surface area contributed by atoms with Crippen LogP contribution in [0.25, 0.3) is 26.9 Å². The third kappa shape index (κ3) is 15.6. The number of amides is 2. The second kappa shape index (κ2) is 30.0. The monoisotopic (exact) mass is 1060 g/mol. The number of rotatable bonds is 20. The molecule has 8 rings (SSSR count). The molecule has 1 N–H and O–H groups in total. The number of nitrogens with one attached hydrogen (secondary N) is 1.